The number of carbonyl (C=O) groups excluding carboxylic acids is 1. The Morgan fingerprint density at radius 3 is 2.42 bits per heavy atom. The minimum atomic E-state index is -0.342. The Hall–Kier alpha value is -2.10. The van der Waals surface area contributed by atoms with Crippen LogP contribution in [0.3, 0.4) is 0 Å². The summed E-state index contributed by atoms with van der Waals surface area (Å²) >= 11 is 0. The van der Waals surface area contributed by atoms with Gasteiger partial charge in [-0.2, -0.15) is 0 Å². The van der Waals surface area contributed by atoms with Gasteiger partial charge in [-0.15, -0.1) is 0 Å². The summed E-state index contributed by atoms with van der Waals surface area (Å²) in [6, 6.07) is 7.58. The molecule has 3 nitrogen and oxygen atoms in total. The minimum Gasteiger partial charge on any atom is -0.352 e. The summed E-state index contributed by atoms with van der Waals surface area (Å²) in [7, 11) is 2.00. The number of hydrogen-bond donors (Lipinski definition) is 1. The molecule has 1 heterocycles. The van der Waals surface area contributed by atoms with Crippen LogP contribution in [0, 0.1) is 19.7 Å². The Bertz CT molecular complexity index is 599. The van der Waals surface area contributed by atoms with Crippen LogP contribution in [0.4, 0.5) is 4.39 Å². The van der Waals surface area contributed by atoms with Crippen LogP contribution in [0.2, 0.25) is 0 Å². The van der Waals surface area contributed by atoms with E-state index < -0.39 is 0 Å². The lowest BCUT2D eigenvalue weighted by Crippen LogP contribution is -2.23. The number of amides is 1. The molecule has 0 radical (unpaired) electrons. The van der Waals surface area contributed by atoms with Crippen molar-refractivity contribution in [3.8, 4) is 0 Å². The fourth-order valence-corrected chi connectivity index (χ4v) is 1.99. The van der Waals surface area contributed by atoms with Crippen molar-refractivity contribution in [1.82, 2.24) is 9.88 Å². The molecule has 100 valence electrons. The van der Waals surface area contributed by atoms with Crippen molar-refractivity contribution in [2.24, 2.45) is 7.05 Å². The second kappa shape index (κ2) is 5.26. The van der Waals surface area contributed by atoms with Crippen LogP contribution in [0.15, 0.2) is 30.3 Å². The highest BCUT2D eigenvalue weighted by atomic mass is 19.1. The maximum absolute atomic E-state index is 12.8. The molecule has 4 heteroatoms. The third kappa shape index (κ3) is 2.84. The van der Waals surface area contributed by atoms with Crippen molar-refractivity contribution in [3.63, 3.8) is 0 Å². The van der Waals surface area contributed by atoms with Gasteiger partial charge in [0, 0.05) is 30.5 Å². The molecule has 2 rings (SSSR count). The average Bonchev–Trinajstić information content (AvgIpc) is 2.64. The molecule has 1 amide bonds. The van der Waals surface area contributed by atoms with Gasteiger partial charge in [0.2, 0.25) is 0 Å². The van der Waals surface area contributed by atoms with E-state index in [-0.39, 0.29) is 11.7 Å². The Kier molecular flexibility index (Phi) is 3.69. The first kappa shape index (κ1) is 13.3. The second-order valence-corrected chi connectivity index (χ2v) is 4.64. The average molecular weight is 260 g/mol. The van der Waals surface area contributed by atoms with E-state index in [2.05, 4.69) is 16.0 Å². The van der Waals surface area contributed by atoms with Crippen molar-refractivity contribution in [1.29, 1.82) is 0 Å². The molecule has 2 aromatic rings. The number of benzene rings is 1. The minimum absolute atomic E-state index is 0.194. The summed E-state index contributed by atoms with van der Waals surface area (Å²) in [6.45, 7) is 4.52. The van der Waals surface area contributed by atoms with Crippen molar-refractivity contribution in [3.05, 3.63) is 58.7 Å². The highest BCUT2D eigenvalue weighted by Gasteiger charge is 2.09. The molecule has 19 heavy (non-hydrogen) atoms. The van der Waals surface area contributed by atoms with E-state index in [1.165, 1.54) is 24.3 Å². The van der Waals surface area contributed by atoms with Crippen LogP contribution in [0.1, 0.15) is 27.3 Å². The normalized spacial score (nSPS) is 10.5. The zero-order valence-electron chi connectivity index (χ0n) is 11.3. The zero-order valence-corrected chi connectivity index (χ0v) is 11.3. The topological polar surface area (TPSA) is 34.0 Å². The summed E-state index contributed by atoms with van der Waals surface area (Å²) in [5.41, 5.74) is 3.85. The zero-order chi connectivity index (χ0) is 14.0. The number of carbonyl (C=O) groups is 1. The van der Waals surface area contributed by atoms with Crippen molar-refractivity contribution >= 4 is 5.91 Å². The maximum atomic E-state index is 12.8. The third-order valence-corrected chi connectivity index (χ3v) is 3.43. The Morgan fingerprint density at radius 2 is 1.89 bits per heavy atom. The Labute approximate surface area is 112 Å². The fourth-order valence-electron chi connectivity index (χ4n) is 1.99. The van der Waals surface area contributed by atoms with Gasteiger partial charge in [0.25, 0.3) is 5.91 Å². The summed E-state index contributed by atoms with van der Waals surface area (Å²) in [6.07, 6.45) is 0. The summed E-state index contributed by atoms with van der Waals surface area (Å²) < 4.78 is 14.8. The molecule has 1 aromatic carbocycles. The molecule has 0 bridgehead atoms. The maximum Gasteiger partial charge on any atom is 0.251 e. The first-order chi connectivity index (χ1) is 8.99. The van der Waals surface area contributed by atoms with Crippen LogP contribution < -0.4 is 5.32 Å². The molecule has 0 unspecified atom stereocenters. The summed E-state index contributed by atoms with van der Waals surface area (Å²) in [4.78, 5) is 11.9. The van der Waals surface area contributed by atoms with E-state index in [0.717, 1.165) is 17.0 Å². The van der Waals surface area contributed by atoms with Gasteiger partial charge < -0.3 is 9.88 Å². The molecule has 0 aliphatic heterocycles. The molecule has 0 saturated carbocycles. The highest BCUT2D eigenvalue weighted by molar-refractivity contribution is 5.94. The van der Waals surface area contributed by atoms with E-state index in [4.69, 9.17) is 0 Å². The summed E-state index contributed by atoms with van der Waals surface area (Å²) in [5.74, 6) is -0.535. The lowest BCUT2D eigenvalue weighted by atomic mass is 10.2. The van der Waals surface area contributed by atoms with Crippen LogP contribution >= 0.6 is 0 Å². The molecular formula is C15H17FN2O. The lowest BCUT2D eigenvalue weighted by molar-refractivity contribution is 0.0951. The molecule has 1 N–H and O–H groups in total. The van der Waals surface area contributed by atoms with E-state index in [9.17, 15) is 9.18 Å². The molecule has 0 spiro atoms. The number of nitrogens with zero attached hydrogens (tertiary/aromatic N) is 1. The van der Waals surface area contributed by atoms with Crippen molar-refractivity contribution < 1.29 is 9.18 Å². The van der Waals surface area contributed by atoms with Gasteiger partial charge in [0.15, 0.2) is 0 Å². The van der Waals surface area contributed by atoms with Gasteiger partial charge in [0.1, 0.15) is 5.82 Å². The Balaban J connectivity index is 2.04. The number of halogens is 1. The molecule has 0 aliphatic rings. The number of aryl methyl sites for hydroxylation is 1. The predicted octanol–water partition coefficient (Wildman–Crippen LogP) is 2.71. The number of aromatic nitrogens is 1. The smallest absolute Gasteiger partial charge is 0.251 e. The Morgan fingerprint density at radius 1 is 1.26 bits per heavy atom. The molecule has 0 saturated heterocycles. The van der Waals surface area contributed by atoms with Crippen LogP contribution in [-0.4, -0.2) is 10.5 Å². The van der Waals surface area contributed by atoms with Crippen LogP contribution in [0.5, 0.6) is 0 Å². The molecule has 0 atom stereocenters. The van der Waals surface area contributed by atoms with E-state index >= 15 is 0 Å². The predicted molar refractivity (Wildman–Crippen MR) is 72.5 cm³/mol. The van der Waals surface area contributed by atoms with E-state index in [1.54, 1.807) is 0 Å². The fraction of sp³-hybridized carbons (Fsp3) is 0.267. The second-order valence-electron chi connectivity index (χ2n) is 4.64. The van der Waals surface area contributed by atoms with Gasteiger partial charge >= 0.3 is 0 Å². The van der Waals surface area contributed by atoms with Crippen LogP contribution in [-0.2, 0) is 13.6 Å². The molecule has 0 fully saturated rings. The quantitative estimate of drug-likeness (QED) is 0.904. The highest BCUT2D eigenvalue weighted by Crippen LogP contribution is 2.13. The van der Waals surface area contributed by atoms with E-state index in [1.807, 2.05) is 20.9 Å². The van der Waals surface area contributed by atoms with Crippen molar-refractivity contribution in [2.75, 3.05) is 0 Å². The standard InChI is InChI=1S/C15H17FN2O/c1-10-8-13(11(2)18(10)3)9-17-15(19)12-4-6-14(16)7-5-12/h4-8H,9H2,1-3H3,(H,17,19). The van der Waals surface area contributed by atoms with Gasteiger partial charge in [-0.05, 0) is 49.7 Å². The van der Waals surface area contributed by atoms with Crippen LogP contribution in [0.25, 0.3) is 0 Å². The number of hydrogen-bond acceptors (Lipinski definition) is 1. The van der Waals surface area contributed by atoms with E-state index in [0.29, 0.717) is 12.1 Å². The van der Waals surface area contributed by atoms with Crippen molar-refractivity contribution in [2.45, 2.75) is 20.4 Å². The van der Waals surface area contributed by atoms with Gasteiger partial charge in [0.05, 0.1) is 0 Å². The largest absolute Gasteiger partial charge is 0.352 e. The number of nitrogens with one attached hydrogen (secondary N) is 1. The first-order valence-corrected chi connectivity index (χ1v) is 6.14. The number of rotatable bonds is 3. The molecule has 1 aromatic heterocycles. The first-order valence-electron chi connectivity index (χ1n) is 6.14. The SMILES string of the molecule is Cc1cc(CNC(=O)c2ccc(F)cc2)c(C)n1C. The molecule has 0 aliphatic carbocycles. The molecular weight excluding hydrogens is 243 g/mol. The lowest BCUT2D eigenvalue weighted by Gasteiger charge is -2.06. The monoisotopic (exact) mass is 260 g/mol. The third-order valence-electron chi connectivity index (χ3n) is 3.43. The summed E-state index contributed by atoms with van der Waals surface area (Å²) in [5, 5.41) is 2.84. The van der Waals surface area contributed by atoms with Gasteiger partial charge in [-0.1, -0.05) is 0 Å². The van der Waals surface area contributed by atoms with Gasteiger partial charge in [-0.3, -0.25) is 4.79 Å². The van der Waals surface area contributed by atoms with Gasteiger partial charge in [-0.25, -0.2) is 4.39 Å².